The number of hydrogen-bond donors (Lipinski definition) is 3. The fourth-order valence-electron chi connectivity index (χ4n) is 6.87. The molecule has 0 saturated heterocycles. The van der Waals surface area contributed by atoms with Gasteiger partial charge in [-0.1, -0.05) is 13.8 Å². The summed E-state index contributed by atoms with van der Waals surface area (Å²) in [5, 5.41) is 13.8. The second-order valence-electron chi connectivity index (χ2n) is 11.6. The summed E-state index contributed by atoms with van der Waals surface area (Å²) >= 11 is 0. The van der Waals surface area contributed by atoms with Gasteiger partial charge in [0.05, 0.1) is 30.1 Å². The predicted molar refractivity (Wildman–Crippen MR) is 133 cm³/mol. The van der Waals surface area contributed by atoms with Crippen LogP contribution < -0.4 is 16.0 Å². The molecule has 4 saturated carbocycles. The fraction of sp³-hybridized carbons (Fsp3) is 0.692. The fourth-order valence-corrected chi connectivity index (χ4v) is 6.87. The smallest absolute Gasteiger partial charge is 0.407 e. The number of ether oxygens (including phenoxy) is 1. The van der Waals surface area contributed by atoms with Crippen molar-refractivity contribution in [3.05, 3.63) is 23.5 Å². The van der Waals surface area contributed by atoms with Crippen LogP contribution in [0.15, 0.2) is 12.3 Å². The van der Waals surface area contributed by atoms with Crippen LogP contribution in [0.4, 0.5) is 4.79 Å². The van der Waals surface area contributed by atoms with Gasteiger partial charge in [0.1, 0.15) is 0 Å². The standard InChI is InChI=1S/C26H39N5O4/c1-15(2)22-20(14-27-31(22)8-7-25(4,5)30-24(34)35-6)23(33)28-21-18-9-17-10-19(21)13-26(11-17,12-18)29-16(3)32/h7-8,14-15,17-19,21H,9-13H2,1-6H3,(H,28,33)(H,29,32)(H,30,34)/b8-7+. The van der Waals surface area contributed by atoms with Crippen LogP contribution >= 0.6 is 0 Å². The molecule has 2 unspecified atom stereocenters. The molecular formula is C26H39N5O4. The lowest BCUT2D eigenvalue weighted by Crippen LogP contribution is -2.66. The number of carbonyl (C=O) groups excluding carboxylic acids is 3. The van der Waals surface area contributed by atoms with Crippen molar-refractivity contribution in [3.8, 4) is 0 Å². The minimum Gasteiger partial charge on any atom is -0.453 e. The van der Waals surface area contributed by atoms with E-state index in [0.29, 0.717) is 23.3 Å². The summed E-state index contributed by atoms with van der Waals surface area (Å²) in [7, 11) is 1.33. The largest absolute Gasteiger partial charge is 0.453 e. The maximum atomic E-state index is 13.5. The second-order valence-corrected chi connectivity index (χ2v) is 11.6. The maximum absolute atomic E-state index is 13.5. The van der Waals surface area contributed by atoms with Gasteiger partial charge in [0.25, 0.3) is 5.91 Å². The van der Waals surface area contributed by atoms with Crippen LogP contribution in [0, 0.1) is 17.8 Å². The molecular weight excluding hydrogens is 446 g/mol. The van der Waals surface area contributed by atoms with Crippen molar-refractivity contribution in [2.75, 3.05) is 7.11 Å². The molecule has 1 heterocycles. The SMILES string of the molecule is COC(=O)NC(C)(C)/C=C/n1ncc(C(=O)NC2C3CC4CC2CC(NC(C)=O)(C4)C3)c1C(C)C. The van der Waals surface area contributed by atoms with E-state index >= 15 is 0 Å². The van der Waals surface area contributed by atoms with Crippen molar-refractivity contribution in [2.45, 2.75) is 89.8 Å². The zero-order valence-electron chi connectivity index (χ0n) is 21.7. The van der Waals surface area contributed by atoms with E-state index in [4.69, 9.17) is 4.74 Å². The van der Waals surface area contributed by atoms with Crippen LogP contribution in [0.2, 0.25) is 0 Å². The first-order valence-corrected chi connectivity index (χ1v) is 12.6. The Kier molecular flexibility index (Phi) is 6.72. The van der Waals surface area contributed by atoms with Crippen molar-refractivity contribution in [2.24, 2.45) is 17.8 Å². The Balaban J connectivity index is 1.50. The van der Waals surface area contributed by atoms with E-state index in [0.717, 1.165) is 37.8 Å². The van der Waals surface area contributed by atoms with Crippen LogP contribution in [0.5, 0.6) is 0 Å². The molecule has 1 aromatic heterocycles. The van der Waals surface area contributed by atoms with E-state index in [1.807, 2.05) is 33.8 Å². The first-order chi connectivity index (χ1) is 16.4. The molecule has 4 fully saturated rings. The monoisotopic (exact) mass is 485 g/mol. The van der Waals surface area contributed by atoms with Gasteiger partial charge in [-0.3, -0.25) is 9.59 Å². The Hall–Kier alpha value is -2.84. The molecule has 192 valence electrons. The number of amides is 3. The van der Waals surface area contributed by atoms with Crippen molar-refractivity contribution >= 4 is 24.1 Å². The van der Waals surface area contributed by atoms with Crippen molar-refractivity contribution in [1.82, 2.24) is 25.7 Å². The van der Waals surface area contributed by atoms with Crippen LogP contribution in [0.1, 0.15) is 88.7 Å². The van der Waals surface area contributed by atoms with Crippen LogP contribution in [-0.2, 0) is 9.53 Å². The molecule has 0 radical (unpaired) electrons. The quantitative estimate of drug-likeness (QED) is 0.548. The summed E-state index contributed by atoms with van der Waals surface area (Å²) in [6.45, 7) is 9.38. The van der Waals surface area contributed by atoms with E-state index in [1.54, 1.807) is 24.0 Å². The Labute approximate surface area is 207 Å². The number of hydrogen-bond acceptors (Lipinski definition) is 5. The van der Waals surface area contributed by atoms with Gasteiger partial charge in [-0.05, 0) is 75.7 Å². The zero-order valence-corrected chi connectivity index (χ0v) is 21.7. The van der Waals surface area contributed by atoms with Crippen LogP contribution in [-0.4, -0.2) is 51.9 Å². The Morgan fingerprint density at radius 1 is 1.20 bits per heavy atom. The Bertz CT molecular complexity index is 1010. The predicted octanol–water partition coefficient (Wildman–Crippen LogP) is 3.43. The van der Waals surface area contributed by atoms with Crippen molar-refractivity contribution < 1.29 is 19.1 Å². The van der Waals surface area contributed by atoms with Gasteiger partial charge in [-0.15, -0.1) is 0 Å². The van der Waals surface area contributed by atoms with E-state index in [1.165, 1.54) is 7.11 Å². The molecule has 3 N–H and O–H groups in total. The summed E-state index contributed by atoms with van der Waals surface area (Å²) in [6.07, 6.45) is 9.89. The number of nitrogens with one attached hydrogen (secondary N) is 3. The topological polar surface area (TPSA) is 114 Å². The van der Waals surface area contributed by atoms with E-state index in [9.17, 15) is 14.4 Å². The minimum atomic E-state index is -0.653. The lowest BCUT2D eigenvalue weighted by Gasteiger charge is -2.60. The molecule has 2 atom stereocenters. The highest BCUT2D eigenvalue weighted by Gasteiger charge is 2.56. The third kappa shape index (κ3) is 5.23. The molecule has 0 spiro atoms. The molecule has 9 nitrogen and oxygen atoms in total. The normalized spacial score (nSPS) is 29.5. The van der Waals surface area contributed by atoms with Crippen molar-refractivity contribution in [3.63, 3.8) is 0 Å². The summed E-state index contributed by atoms with van der Waals surface area (Å²) in [5.74, 6) is 1.43. The van der Waals surface area contributed by atoms with Gasteiger partial charge in [0.2, 0.25) is 5.91 Å². The molecule has 4 bridgehead atoms. The van der Waals surface area contributed by atoms with E-state index < -0.39 is 11.6 Å². The lowest BCUT2D eigenvalue weighted by molar-refractivity contribution is -0.125. The summed E-state index contributed by atoms with van der Waals surface area (Å²) in [6, 6.07) is 0.128. The Morgan fingerprint density at radius 2 is 1.86 bits per heavy atom. The Morgan fingerprint density at radius 3 is 2.43 bits per heavy atom. The van der Waals surface area contributed by atoms with Gasteiger partial charge in [-0.25, -0.2) is 9.48 Å². The van der Waals surface area contributed by atoms with E-state index in [-0.39, 0.29) is 29.3 Å². The number of aromatic nitrogens is 2. The summed E-state index contributed by atoms with van der Waals surface area (Å²) in [4.78, 5) is 36.9. The number of nitrogens with zero attached hydrogens (tertiary/aromatic N) is 2. The first kappa shape index (κ1) is 25.3. The summed E-state index contributed by atoms with van der Waals surface area (Å²) in [5.41, 5.74) is 0.660. The van der Waals surface area contributed by atoms with Gasteiger partial charge >= 0.3 is 6.09 Å². The minimum absolute atomic E-state index is 0.0412. The van der Waals surface area contributed by atoms with Crippen molar-refractivity contribution in [1.29, 1.82) is 0 Å². The zero-order chi connectivity index (χ0) is 25.5. The molecule has 1 aromatic rings. The average molecular weight is 486 g/mol. The molecule has 4 aliphatic carbocycles. The highest BCUT2D eigenvalue weighted by molar-refractivity contribution is 5.95. The lowest BCUT2D eigenvalue weighted by atomic mass is 9.51. The van der Waals surface area contributed by atoms with E-state index in [2.05, 4.69) is 21.0 Å². The maximum Gasteiger partial charge on any atom is 0.407 e. The highest BCUT2D eigenvalue weighted by Crippen LogP contribution is 2.55. The third-order valence-corrected chi connectivity index (χ3v) is 7.88. The molecule has 0 aromatic carbocycles. The number of carbonyl (C=O) groups is 3. The van der Waals surface area contributed by atoms with Crippen LogP contribution in [0.3, 0.4) is 0 Å². The molecule has 35 heavy (non-hydrogen) atoms. The molecule has 4 aliphatic rings. The highest BCUT2D eigenvalue weighted by atomic mass is 16.5. The summed E-state index contributed by atoms with van der Waals surface area (Å²) < 4.78 is 6.40. The molecule has 3 amide bonds. The van der Waals surface area contributed by atoms with Gasteiger partial charge in [-0.2, -0.15) is 5.10 Å². The van der Waals surface area contributed by atoms with Gasteiger partial charge in [0, 0.05) is 24.7 Å². The number of methoxy groups -OCH3 is 1. The van der Waals surface area contributed by atoms with Gasteiger partial charge < -0.3 is 20.7 Å². The van der Waals surface area contributed by atoms with Gasteiger partial charge in [0.15, 0.2) is 0 Å². The first-order valence-electron chi connectivity index (χ1n) is 12.6. The second kappa shape index (κ2) is 9.32. The molecule has 5 rings (SSSR count). The third-order valence-electron chi connectivity index (χ3n) is 7.88. The number of alkyl carbamates (subject to hydrolysis) is 1. The number of rotatable bonds is 7. The molecule has 0 aliphatic heterocycles. The van der Waals surface area contributed by atoms with Crippen LogP contribution in [0.25, 0.3) is 6.20 Å². The molecule has 9 heteroatoms. The average Bonchev–Trinajstić information content (AvgIpc) is 3.17.